The molecular formula is C9H16N2O3. The largest absolute Gasteiger partial charge is 0.468 e. The minimum absolute atomic E-state index is 0.0396. The molecule has 1 saturated heterocycles. The Morgan fingerprint density at radius 1 is 1.57 bits per heavy atom. The molecule has 1 atom stereocenters. The van der Waals surface area contributed by atoms with Crippen molar-refractivity contribution in [1.82, 2.24) is 10.6 Å². The Bertz CT molecular complexity index is 212. The quantitative estimate of drug-likeness (QED) is 0.596. The van der Waals surface area contributed by atoms with Gasteiger partial charge in [-0.2, -0.15) is 0 Å². The van der Waals surface area contributed by atoms with Crippen LogP contribution in [0.2, 0.25) is 0 Å². The predicted octanol–water partition coefficient (Wildman–Crippen LogP) is -0.582. The van der Waals surface area contributed by atoms with E-state index in [0.29, 0.717) is 6.42 Å². The lowest BCUT2D eigenvalue weighted by Gasteiger charge is -2.09. The first-order valence-electron chi connectivity index (χ1n) is 4.79. The van der Waals surface area contributed by atoms with Gasteiger partial charge in [-0.1, -0.05) is 0 Å². The number of ether oxygens (including phenoxy) is 1. The normalized spacial score (nSPS) is 20.5. The van der Waals surface area contributed by atoms with Crippen LogP contribution in [0.1, 0.15) is 19.3 Å². The highest BCUT2D eigenvalue weighted by atomic mass is 16.5. The molecule has 1 fully saturated rings. The van der Waals surface area contributed by atoms with Gasteiger partial charge in [0.1, 0.15) is 6.54 Å². The maximum atomic E-state index is 11.3. The van der Waals surface area contributed by atoms with Gasteiger partial charge in [0.15, 0.2) is 0 Å². The fourth-order valence-electron chi connectivity index (χ4n) is 1.47. The molecule has 1 rings (SSSR count). The topological polar surface area (TPSA) is 67.4 Å². The van der Waals surface area contributed by atoms with Crippen LogP contribution in [0.4, 0.5) is 0 Å². The number of amides is 1. The van der Waals surface area contributed by atoms with Crippen LogP contribution < -0.4 is 10.6 Å². The standard InChI is InChI=1S/C9H16N2O3/c1-14-9(13)6-11-8(12)5-7-3-2-4-10-7/h7,10H,2-6H2,1H3,(H,11,12). The van der Waals surface area contributed by atoms with Crippen molar-refractivity contribution in [1.29, 1.82) is 0 Å². The van der Waals surface area contributed by atoms with Crippen LogP contribution in [0.25, 0.3) is 0 Å². The van der Waals surface area contributed by atoms with Gasteiger partial charge in [-0.05, 0) is 19.4 Å². The fraction of sp³-hybridized carbons (Fsp3) is 0.778. The van der Waals surface area contributed by atoms with Crippen molar-refractivity contribution >= 4 is 11.9 Å². The number of rotatable bonds is 4. The summed E-state index contributed by atoms with van der Waals surface area (Å²) in [5, 5.41) is 5.72. The van der Waals surface area contributed by atoms with E-state index in [9.17, 15) is 9.59 Å². The molecule has 0 aromatic heterocycles. The van der Waals surface area contributed by atoms with Crippen LogP contribution in [-0.4, -0.2) is 38.1 Å². The average molecular weight is 200 g/mol. The van der Waals surface area contributed by atoms with E-state index in [1.165, 1.54) is 7.11 Å². The van der Waals surface area contributed by atoms with Crippen molar-refractivity contribution < 1.29 is 14.3 Å². The third-order valence-corrected chi connectivity index (χ3v) is 2.25. The van der Waals surface area contributed by atoms with Gasteiger partial charge in [-0.3, -0.25) is 9.59 Å². The molecule has 0 bridgehead atoms. The molecule has 14 heavy (non-hydrogen) atoms. The van der Waals surface area contributed by atoms with Gasteiger partial charge in [-0.25, -0.2) is 0 Å². The first kappa shape index (κ1) is 11.0. The van der Waals surface area contributed by atoms with Crippen molar-refractivity contribution in [2.45, 2.75) is 25.3 Å². The van der Waals surface area contributed by atoms with Gasteiger partial charge in [0, 0.05) is 12.5 Å². The Morgan fingerprint density at radius 3 is 2.93 bits per heavy atom. The lowest BCUT2D eigenvalue weighted by Crippen LogP contribution is -2.35. The molecule has 0 aliphatic carbocycles. The van der Waals surface area contributed by atoms with E-state index in [2.05, 4.69) is 15.4 Å². The van der Waals surface area contributed by atoms with Crippen LogP contribution in [0.3, 0.4) is 0 Å². The Hall–Kier alpha value is -1.10. The molecule has 80 valence electrons. The Balaban J connectivity index is 2.12. The summed E-state index contributed by atoms with van der Waals surface area (Å²) in [5.74, 6) is -0.521. The van der Waals surface area contributed by atoms with Crippen LogP contribution in [0.15, 0.2) is 0 Å². The summed E-state index contributed by atoms with van der Waals surface area (Å²) in [5.41, 5.74) is 0. The molecule has 1 aliphatic rings. The van der Waals surface area contributed by atoms with E-state index in [4.69, 9.17) is 0 Å². The van der Waals surface area contributed by atoms with Crippen LogP contribution in [0.5, 0.6) is 0 Å². The number of carbonyl (C=O) groups is 2. The number of hydrogen-bond donors (Lipinski definition) is 2. The molecule has 5 nitrogen and oxygen atoms in total. The lowest BCUT2D eigenvalue weighted by atomic mass is 10.1. The number of hydrogen-bond acceptors (Lipinski definition) is 4. The lowest BCUT2D eigenvalue weighted by molar-refractivity contribution is -0.141. The van der Waals surface area contributed by atoms with Gasteiger partial charge in [0.2, 0.25) is 5.91 Å². The molecular weight excluding hydrogens is 184 g/mol. The zero-order valence-electron chi connectivity index (χ0n) is 8.34. The molecule has 0 aromatic carbocycles. The number of esters is 1. The highest BCUT2D eigenvalue weighted by Gasteiger charge is 2.17. The van der Waals surface area contributed by atoms with Crippen molar-refractivity contribution in [2.75, 3.05) is 20.2 Å². The third-order valence-electron chi connectivity index (χ3n) is 2.25. The van der Waals surface area contributed by atoms with E-state index in [1.54, 1.807) is 0 Å². The highest BCUT2D eigenvalue weighted by Crippen LogP contribution is 2.07. The third kappa shape index (κ3) is 3.74. The Morgan fingerprint density at radius 2 is 2.36 bits per heavy atom. The minimum Gasteiger partial charge on any atom is -0.468 e. The second-order valence-electron chi connectivity index (χ2n) is 3.35. The van der Waals surface area contributed by atoms with Crippen LogP contribution in [-0.2, 0) is 14.3 Å². The van der Waals surface area contributed by atoms with E-state index in [-0.39, 0.29) is 18.5 Å². The van der Waals surface area contributed by atoms with E-state index < -0.39 is 5.97 Å². The van der Waals surface area contributed by atoms with Crippen LogP contribution >= 0.6 is 0 Å². The summed E-state index contributed by atoms with van der Waals surface area (Å²) < 4.78 is 4.40. The number of nitrogens with one attached hydrogen (secondary N) is 2. The van der Waals surface area contributed by atoms with Gasteiger partial charge in [-0.15, -0.1) is 0 Å². The maximum Gasteiger partial charge on any atom is 0.325 e. The number of carbonyl (C=O) groups excluding carboxylic acids is 2. The molecule has 5 heteroatoms. The van der Waals surface area contributed by atoms with E-state index in [1.807, 2.05) is 0 Å². The van der Waals surface area contributed by atoms with Gasteiger partial charge < -0.3 is 15.4 Å². The Labute approximate surface area is 83.2 Å². The molecule has 0 saturated carbocycles. The second-order valence-corrected chi connectivity index (χ2v) is 3.35. The molecule has 0 radical (unpaired) electrons. The first-order valence-corrected chi connectivity index (χ1v) is 4.79. The molecule has 1 aliphatic heterocycles. The summed E-state index contributed by atoms with van der Waals surface area (Å²) >= 11 is 0. The van der Waals surface area contributed by atoms with Crippen molar-refractivity contribution in [3.05, 3.63) is 0 Å². The Kier molecular flexibility index (Phi) is 4.39. The summed E-state index contributed by atoms with van der Waals surface area (Å²) in [6.07, 6.45) is 2.59. The summed E-state index contributed by atoms with van der Waals surface area (Å²) in [6, 6.07) is 0.271. The second kappa shape index (κ2) is 5.59. The monoisotopic (exact) mass is 200 g/mol. The summed E-state index contributed by atoms with van der Waals surface area (Å²) in [4.78, 5) is 22.0. The molecule has 1 unspecified atom stereocenters. The fourth-order valence-corrected chi connectivity index (χ4v) is 1.47. The van der Waals surface area contributed by atoms with Gasteiger partial charge in [0.25, 0.3) is 0 Å². The SMILES string of the molecule is COC(=O)CNC(=O)CC1CCCN1. The number of methoxy groups -OCH3 is 1. The van der Waals surface area contributed by atoms with Gasteiger partial charge in [0.05, 0.1) is 7.11 Å². The smallest absolute Gasteiger partial charge is 0.325 e. The van der Waals surface area contributed by atoms with E-state index >= 15 is 0 Å². The summed E-state index contributed by atoms with van der Waals surface area (Å²) in [7, 11) is 1.30. The summed E-state index contributed by atoms with van der Waals surface area (Å²) in [6.45, 7) is 0.941. The minimum atomic E-state index is -0.419. The van der Waals surface area contributed by atoms with Crippen LogP contribution in [0, 0.1) is 0 Å². The average Bonchev–Trinajstić information content (AvgIpc) is 2.66. The first-order chi connectivity index (χ1) is 6.72. The molecule has 2 N–H and O–H groups in total. The van der Waals surface area contributed by atoms with Gasteiger partial charge >= 0.3 is 5.97 Å². The molecule has 1 amide bonds. The van der Waals surface area contributed by atoms with Crippen molar-refractivity contribution in [3.63, 3.8) is 0 Å². The highest BCUT2D eigenvalue weighted by molar-refractivity contribution is 5.82. The zero-order valence-corrected chi connectivity index (χ0v) is 8.34. The maximum absolute atomic E-state index is 11.3. The molecule has 0 spiro atoms. The molecule has 0 aromatic rings. The van der Waals surface area contributed by atoms with Crippen molar-refractivity contribution in [3.8, 4) is 0 Å². The zero-order chi connectivity index (χ0) is 10.4. The predicted molar refractivity (Wildman–Crippen MR) is 50.7 cm³/mol. The van der Waals surface area contributed by atoms with E-state index in [0.717, 1.165) is 19.4 Å². The molecule has 1 heterocycles. The van der Waals surface area contributed by atoms with Crippen molar-refractivity contribution in [2.24, 2.45) is 0 Å².